The molecule has 112 valence electrons. The number of anilines is 2. The van der Waals surface area contributed by atoms with Crippen LogP contribution in [0.25, 0.3) is 0 Å². The molecule has 0 saturated heterocycles. The summed E-state index contributed by atoms with van der Waals surface area (Å²) in [4.78, 5) is 7.20. The molecule has 0 aliphatic heterocycles. The Hall–Kier alpha value is -2.46. The molecule has 0 unspecified atom stereocenters. The Labute approximate surface area is 120 Å². The molecule has 4 N–H and O–H groups in total. The van der Waals surface area contributed by atoms with Crippen LogP contribution in [0.4, 0.5) is 16.0 Å². The van der Waals surface area contributed by atoms with Crippen LogP contribution in [-0.4, -0.2) is 25.5 Å². The average Bonchev–Trinajstić information content (AvgIpc) is 2.47. The minimum absolute atomic E-state index is 0.0136. The Morgan fingerprint density at radius 2 is 1.95 bits per heavy atom. The van der Waals surface area contributed by atoms with E-state index in [9.17, 15) is 12.8 Å². The molecule has 0 atom stereocenters. The molecule has 2 rings (SSSR count). The van der Waals surface area contributed by atoms with E-state index < -0.39 is 15.8 Å². The molecule has 0 amide bonds. The van der Waals surface area contributed by atoms with Crippen molar-refractivity contribution in [1.82, 2.24) is 9.97 Å². The predicted octanol–water partition coefficient (Wildman–Crippen LogP) is 0.711. The topological polar surface area (TPSA) is 119 Å². The number of benzene rings is 1. The second-order valence-electron chi connectivity index (χ2n) is 3.84. The lowest BCUT2D eigenvalue weighted by Gasteiger charge is -2.09. The van der Waals surface area contributed by atoms with E-state index in [1.54, 1.807) is 0 Å². The van der Waals surface area contributed by atoms with E-state index in [0.29, 0.717) is 0 Å². The number of hydrogen-bond donors (Lipinski definition) is 3. The zero-order valence-electron chi connectivity index (χ0n) is 10.9. The smallest absolute Gasteiger partial charge is 0.264 e. The number of ether oxygens (including phenoxy) is 1. The van der Waals surface area contributed by atoms with Crippen LogP contribution < -0.4 is 20.7 Å². The molecule has 0 aliphatic rings. The summed E-state index contributed by atoms with van der Waals surface area (Å²) in [6.07, 6.45) is 2.15. The first-order chi connectivity index (χ1) is 9.96. The number of nitrogen functional groups attached to an aromatic ring is 1. The maximum absolute atomic E-state index is 13.5. The van der Waals surface area contributed by atoms with Crippen LogP contribution in [0.5, 0.6) is 5.75 Å². The summed E-state index contributed by atoms with van der Waals surface area (Å²) in [7, 11) is -2.61. The van der Waals surface area contributed by atoms with Crippen molar-refractivity contribution in [2.75, 3.05) is 17.3 Å². The first kappa shape index (κ1) is 14.9. The summed E-state index contributed by atoms with van der Waals surface area (Å²) in [5.74, 6) is 4.49. The van der Waals surface area contributed by atoms with Gasteiger partial charge in [-0.05, 0) is 12.1 Å². The zero-order valence-corrected chi connectivity index (χ0v) is 11.7. The maximum Gasteiger partial charge on any atom is 0.264 e. The fourth-order valence-electron chi connectivity index (χ4n) is 1.47. The first-order valence-corrected chi connectivity index (χ1v) is 7.09. The third-order valence-corrected chi connectivity index (χ3v) is 3.81. The highest BCUT2D eigenvalue weighted by molar-refractivity contribution is 7.92. The van der Waals surface area contributed by atoms with Gasteiger partial charge < -0.3 is 4.74 Å². The first-order valence-electron chi connectivity index (χ1n) is 5.61. The number of hydrazine groups is 1. The van der Waals surface area contributed by atoms with Crippen LogP contribution in [0.15, 0.2) is 35.5 Å². The standard InChI is InChI=1S/C11H12FN5O3S/c1-20-10-3-2-7(4-9(10)12)17-21(18,19)8-5-14-11(16-13)15-6-8/h2-6,17H,13H2,1H3,(H,14,15,16). The van der Waals surface area contributed by atoms with E-state index in [1.165, 1.54) is 19.2 Å². The van der Waals surface area contributed by atoms with Crippen molar-refractivity contribution in [3.05, 3.63) is 36.4 Å². The number of halogens is 1. The number of aromatic nitrogens is 2. The van der Waals surface area contributed by atoms with Crippen LogP contribution in [0.2, 0.25) is 0 Å². The summed E-state index contributed by atoms with van der Waals surface area (Å²) in [6, 6.07) is 3.69. The molecule has 8 nitrogen and oxygen atoms in total. The molecule has 0 spiro atoms. The molecular formula is C11H12FN5O3S. The van der Waals surface area contributed by atoms with Gasteiger partial charge in [0.2, 0.25) is 5.95 Å². The Kier molecular flexibility index (Phi) is 4.19. The van der Waals surface area contributed by atoms with Gasteiger partial charge in [-0.1, -0.05) is 0 Å². The lowest BCUT2D eigenvalue weighted by atomic mass is 10.3. The molecule has 1 aromatic heterocycles. The van der Waals surface area contributed by atoms with Crippen LogP contribution in [0.1, 0.15) is 0 Å². The van der Waals surface area contributed by atoms with Crippen molar-refractivity contribution in [1.29, 1.82) is 0 Å². The highest BCUT2D eigenvalue weighted by atomic mass is 32.2. The normalized spacial score (nSPS) is 11.0. The van der Waals surface area contributed by atoms with Crippen LogP contribution in [0, 0.1) is 5.82 Å². The van der Waals surface area contributed by atoms with Gasteiger partial charge >= 0.3 is 0 Å². The molecule has 1 aromatic carbocycles. The Morgan fingerprint density at radius 3 is 2.48 bits per heavy atom. The van der Waals surface area contributed by atoms with Crippen LogP contribution in [0.3, 0.4) is 0 Å². The Bertz CT molecular complexity index is 736. The molecule has 10 heteroatoms. The summed E-state index contributed by atoms with van der Waals surface area (Å²) in [5, 5.41) is 0. The highest BCUT2D eigenvalue weighted by Gasteiger charge is 2.16. The molecule has 2 aromatic rings. The van der Waals surface area contributed by atoms with Gasteiger partial charge in [0, 0.05) is 6.07 Å². The number of nitrogens with zero attached hydrogens (tertiary/aromatic N) is 2. The quantitative estimate of drug-likeness (QED) is 0.549. The van der Waals surface area contributed by atoms with Gasteiger partial charge in [0.25, 0.3) is 10.0 Å². The van der Waals surface area contributed by atoms with Crippen molar-refractivity contribution in [2.24, 2.45) is 5.84 Å². The molecule has 0 radical (unpaired) electrons. The van der Waals surface area contributed by atoms with Gasteiger partial charge in [-0.2, -0.15) is 0 Å². The SMILES string of the molecule is COc1ccc(NS(=O)(=O)c2cnc(NN)nc2)cc1F. The van der Waals surface area contributed by atoms with Gasteiger partial charge in [-0.25, -0.2) is 28.6 Å². The van der Waals surface area contributed by atoms with E-state index in [-0.39, 0.29) is 22.3 Å². The molecular weight excluding hydrogens is 301 g/mol. The number of nitrogens with one attached hydrogen (secondary N) is 2. The molecule has 0 saturated carbocycles. The van der Waals surface area contributed by atoms with E-state index in [4.69, 9.17) is 10.6 Å². The molecule has 0 aliphatic carbocycles. The Morgan fingerprint density at radius 1 is 1.29 bits per heavy atom. The summed E-state index contributed by atoms with van der Waals surface area (Å²) in [5.41, 5.74) is 2.22. The lowest BCUT2D eigenvalue weighted by molar-refractivity contribution is 0.386. The summed E-state index contributed by atoms with van der Waals surface area (Å²) >= 11 is 0. The molecule has 0 fully saturated rings. The van der Waals surface area contributed by atoms with Gasteiger partial charge in [0.1, 0.15) is 4.90 Å². The van der Waals surface area contributed by atoms with Gasteiger partial charge in [0.05, 0.1) is 25.2 Å². The Balaban J connectivity index is 2.26. The largest absolute Gasteiger partial charge is 0.494 e. The lowest BCUT2D eigenvalue weighted by Crippen LogP contribution is -2.15. The minimum atomic E-state index is -3.93. The van der Waals surface area contributed by atoms with Gasteiger partial charge in [-0.3, -0.25) is 10.1 Å². The molecule has 0 bridgehead atoms. The number of sulfonamides is 1. The zero-order chi connectivity index (χ0) is 15.5. The van der Waals surface area contributed by atoms with Crippen LogP contribution in [-0.2, 0) is 10.0 Å². The summed E-state index contributed by atoms with van der Waals surface area (Å²) in [6.45, 7) is 0. The van der Waals surface area contributed by atoms with Crippen molar-refractivity contribution in [2.45, 2.75) is 4.90 Å². The number of nitrogens with two attached hydrogens (primary N) is 1. The number of hydrogen-bond acceptors (Lipinski definition) is 7. The van der Waals surface area contributed by atoms with E-state index >= 15 is 0 Å². The van der Waals surface area contributed by atoms with Crippen molar-refractivity contribution in [3.63, 3.8) is 0 Å². The third-order valence-electron chi connectivity index (χ3n) is 2.47. The minimum Gasteiger partial charge on any atom is -0.494 e. The van der Waals surface area contributed by atoms with Crippen LogP contribution >= 0.6 is 0 Å². The number of methoxy groups -OCH3 is 1. The average molecular weight is 313 g/mol. The van der Waals surface area contributed by atoms with E-state index in [1.807, 2.05) is 0 Å². The highest BCUT2D eigenvalue weighted by Crippen LogP contribution is 2.22. The van der Waals surface area contributed by atoms with Gasteiger partial charge in [0.15, 0.2) is 11.6 Å². The molecule has 1 heterocycles. The maximum atomic E-state index is 13.5. The van der Waals surface area contributed by atoms with Crippen molar-refractivity contribution in [3.8, 4) is 5.75 Å². The second kappa shape index (κ2) is 5.89. The fourth-order valence-corrected chi connectivity index (χ4v) is 2.41. The number of rotatable bonds is 5. The second-order valence-corrected chi connectivity index (χ2v) is 5.52. The van der Waals surface area contributed by atoms with E-state index in [2.05, 4.69) is 20.1 Å². The van der Waals surface area contributed by atoms with Crippen molar-refractivity contribution >= 4 is 21.7 Å². The third kappa shape index (κ3) is 3.35. The predicted molar refractivity (Wildman–Crippen MR) is 73.6 cm³/mol. The van der Waals surface area contributed by atoms with E-state index in [0.717, 1.165) is 18.5 Å². The monoisotopic (exact) mass is 313 g/mol. The molecule has 21 heavy (non-hydrogen) atoms. The van der Waals surface area contributed by atoms with Gasteiger partial charge in [-0.15, -0.1) is 0 Å². The van der Waals surface area contributed by atoms with Crippen molar-refractivity contribution < 1.29 is 17.5 Å². The summed E-state index contributed by atoms with van der Waals surface area (Å²) < 4.78 is 44.6. The fraction of sp³-hybridized carbons (Fsp3) is 0.0909.